The number of hydrogen-bond acceptors (Lipinski definition) is 4. The van der Waals surface area contributed by atoms with Crippen molar-refractivity contribution in [1.82, 2.24) is 4.31 Å². The Labute approximate surface area is 177 Å². The Morgan fingerprint density at radius 1 is 0.967 bits per heavy atom. The number of carbonyl (C=O) groups is 1. The zero-order chi connectivity index (χ0) is 21.1. The number of carbonyl (C=O) groups excluding carboxylic acids is 1. The zero-order valence-electron chi connectivity index (χ0n) is 16.7. The maximum atomic E-state index is 13.2. The molecule has 6 heteroatoms. The fourth-order valence-electron chi connectivity index (χ4n) is 3.61. The van der Waals surface area contributed by atoms with Gasteiger partial charge in [-0.15, -0.1) is 0 Å². The standard InChI is InChI=1S/C24H23NO4S/c1-18-7-2-3-10-22(18)17-29-24(26)20-11-6-12-23(15-20)30(27,28)25-14-13-19-8-4-5-9-21(19)16-25/h2-12,15H,13-14,16-17H2,1H3. The molecule has 1 aliphatic heterocycles. The van der Waals surface area contributed by atoms with E-state index in [1.54, 1.807) is 12.1 Å². The smallest absolute Gasteiger partial charge is 0.338 e. The van der Waals surface area contributed by atoms with Gasteiger partial charge >= 0.3 is 5.97 Å². The molecule has 3 aromatic rings. The lowest BCUT2D eigenvalue weighted by molar-refractivity contribution is 0.0472. The SMILES string of the molecule is Cc1ccccc1COC(=O)c1cccc(S(=O)(=O)N2CCc3ccccc3C2)c1. The Bertz CT molecular complexity index is 1190. The second kappa shape index (κ2) is 8.42. The number of fused-ring (bicyclic) bond motifs is 1. The third-order valence-electron chi connectivity index (χ3n) is 5.42. The van der Waals surface area contributed by atoms with Crippen molar-refractivity contribution in [1.29, 1.82) is 0 Å². The highest BCUT2D eigenvalue weighted by atomic mass is 32.2. The zero-order valence-corrected chi connectivity index (χ0v) is 17.6. The van der Waals surface area contributed by atoms with Gasteiger partial charge in [0.25, 0.3) is 0 Å². The number of aryl methyl sites for hydroxylation is 1. The normalized spacial score (nSPS) is 14.2. The molecule has 0 atom stereocenters. The monoisotopic (exact) mass is 421 g/mol. The molecular weight excluding hydrogens is 398 g/mol. The van der Waals surface area contributed by atoms with Gasteiger partial charge in [-0.05, 0) is 53.8 Å². The molecule has 3 aromatic carbocycles. The summed E-state index contributed by atoms with van der Waals surface area (Å²) in [6.45, 7) is 2.85. The number of nitrogens with zero attached hydrogens (tertiary/aromatic N) is 1. The van der Waals surface area contributed by atoms with Gasteiger partial charge in [0.1, 0.15) is 6.61 Å². The van der Waals surface area contributed by atoms with E-state index in [9.17, 15) is 13.2 Å². The summed E-state index contributed by atoms with van der Waals surface area (Å²) in [6, 6.07) is 21.6. The average molecular weight is 422 g/mol. The minimum absolute atomic E-state index is 0.104. The first kappa shape index (κ1) is 20.3. The lowest BCUT2D eigenvalue weighted by Crippen LogP contribution is -2.36. The maximum Gasteiger partial charge on any atom is 0.338 e. The molecule has 154 valence electrons. The van der Waals surface area contributed by atoms with E-state index in [1.807, 2.05) is 55.5 Å². The lowest BCUT2D eigenvalue weighted by atomic mass is 10.0. The molecule has 0 radical (unpaired) electrons. The summed E-state index contributed by atoms with van der Waals surface area (Å²) in [5.41, 5.74) is 4.37. The molecule has 0 aliphatic carbocycles. The van der Waals surface area contributed by atoms with Gasteiger partial charge < -0.3 is 4.74 Å². The van der Waals surface area contributed by atoms with Crippen LogP contribution in [0.4, 0.5) is 0 Å². The van der Waals surface area contributed by atoms with Crippen molar-refractivity contribution >= 4 is 16.0 Å². The molecule has 0 spiro atoms. The molecule has 4 rings (SSSR count). The van der Waals surface area contributed by atoms with Crippen LogP contribution in [-0.4, -0.2) is 25.2 Å². The topological polar surface area (TPSA) is 63.7 Å². The molecule has 0 N–H and O–H groups in total. The predicted octanol–water partition coefficient (Wildman–Crippen LogP) is 4.10. The van der Waals surface area contributed by atoms with Gasteiger partial charge in [0.15, 0.2) is 0 Å². The number of hydrogen-bond donors (Lipinski definition) is 0. The van der Waals surface area contributed by atoms with Crippen LogP contribution in [0.2, 0.25) is 0 Å². The highest BCUT2D eigenvalue weighted by molar-refractivity contribution is 7.89. The summed E-state index contributed by atoms with van der Waals surface area (Å²) in [5.74, 6) is -0.542. The number of esters is 1. The van der Waals surface area contributed by atoms with Crippen molar-refractivity contribution in [2.24, 2.45) is 0 Å². The Hall–Kier alpha value is -2.96. The van der Waals surface area contributed by atoms with Crippen LogP contribution in [0.3, 0.4) is 0 Å². The molecule has 1 heterocycles. The number of sulfonamides is 1. The first-order valence-electron chi connectivity index (χ1n) is 9.84. The summed E-state index contributed by atoms with van der Waals surface area (Å²) in [4.78, 5) is 12.6. The number of ether oxygens (including phenoxy) is 1. The minimum Gasteiger partial charge on any atom is -0.457 e. The van der Waals surface area contributed by atoms with Gasteiger partial charge in [-0.1, -0.05) is 54.6 Å². The minimum atomic E-state index is -3.71. The van der Waals surface area contributed by atoms with Crippen LogP contribution < -0.4 is 0 Å². The third-order valence-corrected chi connectivity index (χ3v) is 7.26. The lowest BCUT2D eigenvalue weighted by Gasteiger charge is -2.28. The van der Waals surface area contributed by atoms with E-state index in [-0.39, 0.29) is 17.1 Å². The van der Waals surface area contributed by atoms with E-state index in [1.165, 1.54) is 22.0 Å². The number of rotatable bonds is 5. The molecule has 0 fully saturated rings. The highest BCUT2D eigenvalue weighted by Crippen LogP contribution is 2.25. The second-order valence-electron chi connectivity index (χ2n) is 7.39. The average Bonchev–Trinajstić information content (AvgIpc) is 2.78. The van der Waals surface area contributed by atoms with Gasteiger partial charge in [0.2, 0.25) is 10.0 Å². The van der Waals surface area contributed by atoms with Gasteiger partial charge in [-0.3, -0.25) is 0 Å². The van der Waals surface area contributed by atoms with Crippen molar-refractivity contribution in [2.45, 2.75) is 31.4 Å². The molecule has 0 unspecified atom stereocenters. The van der Waals surface area contributed by atoms with Crippen LogP contribution in [0.1, 0.15) is 32.6 Å². The van der Waals surface area contributed by atoms with E-state index in [0.717, 1.165) is 16.7 Å². The largest absolute Gasteiger partial charge is 0.457 e. The van der Waals surface area contributed by atoms with Crippen LogP contribution in [0.5, 0.6) is 0 Å². The second-order valence-corrected chi connectivity index (χ2v) is 9.33. The Morgan fingerprint density at radius 3 is 2.50 bits per heavy atom. The highest BCUT2D eigenvalue weighted by Gasteiger charge is 2.28. The Kier molecular flexibility index (Phi) is 5.70. The fourth-order valence-corrected chi connectivity index (χ4v) is 5.07. The molecular formula is C24H23NO4S. The van der Waals surface area contributed by atoms with Crippen LogP contribution >= 0.6 is 0 Å². The van der Waals surface area contributed by atoms with E-state index in [0.29, 0.717) is 19.5 Å². The van der Waals surface area contributed by atoms with Crippen molar-refractivity contribution in [3.8, 4) is 0 Å². The molecule has 5 nitrogen and oxygen atoms in total. The molecule has 0 aromatic heterocycles. The summed E-state index contributed by atoms with van der Waals surface area (Å²) in [6.07, 6.45) is 0.674. The first-order valence-corrected chi connectivity index (χ1v) is 11.3. The fraction of sp³-hybridized carbons (Fsp3) is 0.208. The quantitative estimate of drug-likeness (QED) is 0.582. The van der Waals surface area contributed by atoms with Gasteiger partial charge in [0.05, 0.1) is 10.5 Å². The van der Waals surface area contributed by atoms with Crippen LogP contribution in [-0.2, 0) is 34.3 Å². The van der Waals surface area contributed by atoms with Crippen LogP contribution in [0.15, 0.2) is 77.7 Å². The predicted molar refractivity (Wildman–Crippen MR) is 114 cm³/mol. The van der Waals surface area contributed by atoms with Gasteiger partial charge in [0, 0.05) is 13.1 Å². The van der Waals surface area contributed by atoms with E-state index < -0.39 is 16.0 Å². The van der Waals surface area contributed by atoms with Crippen molar-refractivity contribution in [3.05, 3.63) is 101 Å². The molecule has 0 saturated heterocycles. The van der Waals surface area contributed by atoms with Crippen molar-refractivity contribution in [3.63, 3.8) is 0 Å². The summed E-state index contributed by atoms with van der Waals surface area (Å²) >= 11 is 0. The van der Waals surface area contributed by atoms with Crippen molar-refractivity contribution in [2.75, 3.05) is 6.54 Å². The number of benzene rings is 3. The Balaban J connectivity index is 1.51. The van der Waals surface area contributed by atoms with Crippen molar-refractivity contribution < 1.29 is 17.9 Å². The van der Waals surface area contributed by atoms with Gasteiger partial charge in [-0.2, -0.15) is 4.31 Å². The molecule has 30 heavy (non-hydrogen) atoms. The summed E-state index contributed by atoms with van der Waals surface area (Å²) in [5, 5.41) is 0. The van der Waals surface area contributed by atoms with Crippen LogP contribution in [0.25, 0.3) is 0 Å². The Morgan fingerprint density at radius 2 is 1.70 bits per heavy atom. The van der Waals surface area contributed by atoms with Crippen LogP contribution in [0, 0.1) is 6.92 Å². The third kappa shape index (κ3) is 4.15. The van der Waals surface area contributed by atoms with E-state index >= 15 is 0 Å². The maximum absolute atomic E-state index is 13.2. The van der Waals surface area contributed by atoms with E-state index in [2.05, 4.69) is 0 Å². The molecule has 0 saturated carbocycles. The summed E-state index contributed by atoms with van der Waals surface area (Å²) in [7, 11) is -3.71. The summed E-state index contributed by atoms with van der Waals surface area (Å²) < 4.78 is 33.2. The first-order chi connectivity index (χ1) is 14.4. The molecule has 1 aliphatic rings. The molecule has 0 amide bonds. The molecule has 0 bridgehead atoms. The van der Waals surface area contributed by atoms with E-state index in [4.69, 9.17) is 4.74 Å². The van der Waals surface area contributed by atoms with Gasteiger partial charge in [-0.25, -0.2) is 13.2 Å².